The summed E-state index contributed by atoms with van der Waals surface area (Å²) in [6.07, 6.45) is 0. The first kappa shape index (κ1) is 18.7. The van der Waals surface area contributed by atoms with Crippen molar-refractivity contribution in [2.75, 3.05) is 0 Å². The summed E-state index contributed by atoms with van der Waals surface area (Å²) in [7, 11) is 0. The van der Waals surface area contributed by atoms with Crippen LogP contribution in [0.3, 0.4) is 0 Å². The number of rotatable bonds is 7. The third kappa shape index (κ3) is 4.56. The summed E-state index contributed by atoms with van der Waals surface area (Å²) < 4.78 is 21.1. The zero-order valence-electron chi connectivity index (χ0n) is 14.6. The number of nitrogens with zero attached hydrogens (tertiary/aromatic N) is 3. The van der Waals surface area contributed by atoms with E-state index in [0.29, 0.717) is 17.4 Å². The van der Waals surface area contributed by atoms with Crippen LogP contribution >= 0.6 is 23.4 Å². The third-order valence-corrected chi connectivity index (χ3v) is 5.33. The van der Waals surface area contributed by atoms with Gasteiger partial charge in [-0.05, 0) is 55.3 Å². The smallest absolute Gasteiger partial charge is 0.191 e. The predicted octanol–water partition coefficient (Wildman–Crippen LogP) is 5.27. The summed E-state index contributed by atoms with van der Waals surface area (Å²) in [4.78, 5) is 0. The minimum atomic E-state index is -0.229. The fraction of sp³-hybridized carbons (Fsp3) is 0.263. The Hall–Kier alpha value is -2.05. The molecule has 0 unspecified atom stereocenters. The van der Waals surface area contributed by atoms with Gasteiger partial charge in [0.05, 0.1) is 0 Å². The lowest BCUT2D eigenvalue weighted by atomic mass is 10.2. The molecular weight excluding hydrogens is 373 g/mol. The summed E-state index contributed by atoms with van der Waals surface area (Å²) in [6, 6.07) is 12.1. The van der Waals surface area contributed by atoms with E-state index >= 15 is 0 Å². The van der Waals surface area contributed by atoms with E-state index in [4.69, 9.17) is 16.3 Å². The van der Waals surface area contributed by atoms with Gasteiger partial charge < -0.3 is 9.30 Å². The second-order valence-corrected chi connectivity index (χ2v) is 7.11. The zero-order valence-corrected chi connectivity index (χ0v) is 16.1. The molecule has 0 amide bonds. The minimum absolute atomic E-state index is 0.229. The van der Waals surface area contributed by atoms with Crippen LogP contribution in [0.2, 0.25) is 5.02 Å². The molecule has 0 bridgehead atoms. The van der Waals surface area contributed by atoms with Crippen LogP contribution in [0.5, 0.6) is 5.75 Å². The van der Waals surface area contributed by atoms with Gasteiger partial charge in [0.25, 0.3) is 0 Å². The van der Waals surface area contributed by atoms with Crippen LogP contribution in [0.15, 0.2) is 47.6 Å². The van der Waals surface area contributed by atoms with Gasteiger partial charge in [-0.15, -0.1) is 10.2 Å². The van der Waals surface area contributed by atoms with Gasteiger partial charge in [0.15, 0.2) is 11.0 Å². The molecule has 136 valence electrons. The molecule has 0 aliphatic heterocycles. The Bertz CT molecular complexity index is 900. The zero-order chi connectivity index (χ0) is 18.5. The van der Waals surface area contributed by atoms with Crippen molar-refractivity contribution in [3.05, 3.63) is 70.3 Å². The number of hydrogen-bond donors (Lipinski definition) is 0. The number of hydrogen-bond acceptors (Lipinski definition) is 4. The van der Waals surface area contributed by atoms with Crippen LogP contribution in [0, 0.1) is 12.7 Å². The summed E-state index contributed by atoms with van der Waals surface area (Å²) in [5, 5.41) is 10.00. The molecule has 1 heterocycles. The van der Waals surface area contributed by atoms with Crippen molar-refractivity contribution in [1.82, 2.24) is 14.8 Å². The molecule has 7 heteroatoms. The van der Waals surface area contributed by atoms with E-state index in [1.807, 2.05) is 42.7 Å². The van der Waals surface area contributed by atoms with Crippen molar-refractivity contribution in [2.45, 2.75) is 37.9 Å². The molecule has 2 aromatic carbocycles. The van der Waals surface area contributed by atoms with Crippen molar-refractivity contribution >= 4 is 23.4 Å². The first-order chi connectivity index (χ1) is 12.6. The number of ether oxygens (including phenoxy) is 1. The van der Waals surface area contributed by atoms with E-state index in [1.54, 1.807) is 6.07 Å². The highest BCUT2D eigenvalue weighted by atomic mass is 35.5. The van der Waals surface area contributed by atoms with Crippen molar-refractivity contribution in [3.8, 4) is 5.75 Å². The van der Waals surface area contributed by atoms with Crippen molar-refractivity contribution in [1.29, 1.82) is 0 Å². The van der Waals surface area contributed by atoms with Crippen LogP contribution in [0.4, 0.5) is 4.39 Å². The maximum Gasteiger partial charge on any atom is 0.191 e. The van der Waals surface area contributed by atoms with E-state index in [2.05, 4.69) is 10.2 Å². The van der Waals surface area contributed by atoms with Gasteiger partial charge in [-0.25, -0.2) is 4.39 Å². The van der Waals surface area contributed by atoms with Crippen LogP contribution in [-0.4, -0.2) is 14.8 Å². The van der Waals surface area contributed by atoms with Gasteiger partial charge in [-0.2, -0.15) is 0 Å². The lowest BCUT2D eigenvalue weighted by Gasteiger charge is -2.10. The highest BCUT2D eigenvalue weighted by molar-refractivity contribution is 7.98. The molecule has 0 N–H and O–H groups in total. The maximum absolute atomic E-state index is 13.3. The molecule has 0 aliphatic carbocycles. The Morgan fingerprint density at radius 2 is 2.04 bits per heavy atom. The van der Waals surface area contributed by atoms with Crippen LogP contribution < -0.4 is 4.74 Å². The monoisotopic (exact) mass is 391 g/mol. The Kier molecular flexibility index (Phi) is 6.16. The average Bonchev–Trinajstić information content (AvgIpc) is 3.03. The van der Waals surface area contributed by atoms with E-state index in [9.17, 15) is 4.39 Å². The lowest BCUT2D eigenvalue weighted by molar-refractivity contribution is 0.288. The highest BCUT2D eigenvalue weighted by Gasteiger charge is 2.12. The SMILES string of the molecule is CCn1c(COc2ccc(Cl)c(C)c2)nnc1SCc1cccc(F)c1. The number of halogens is 2. The standard InChI is InChI=1S/C19H19ClFN3OS/c1-3-24-18(11-25-16-7-8-17(20)13(2)9-16)22-23-19(24)26-12-14-5-4-6-15(21)10-14/h4-10H,3,11-12H2,1-2H3. The van der Waals surface area contributed by atoms with Gasteiger partial charge in [0.1, 0.15) is 18.2 Å². The number of aryl methyl sites for hydroxylation is 1. The molecule has 0 aliphatic rings. The average molecular weight is 392 g/mol. The molecular formula is C19H19ClFN3OS. The first-order valence-electron chi connectivity index (χ1n) is 8.25. The molecule has 0 spiro atoms. The Balaban J connectivity index is 1.66. The maximum atomic E-state index is 13.3. The quantitative estimate of drug-likeness (QED) is 0.514. The fourth-order valence-electron chi connectivity index (χ4n) is 2.48. The van der Waals surface area contributed by atoms with E-state index < -0.39 is 0 Å². The van der Waals surface area contributed by atoms with Crippen LogP contribution in [0.1, 0.15) is 23.9 Å². The second kappa shape index (κ2) is 8.56. The van der Waals surface area contributed by atoms with Crippen molar-refractivity contribution in [3.63, 3.8) is 0 Å². The fourth-order valence-corrected chi connectivity index (χ4v) is 3.56. The molecule has 3 aromatic rings. The van der Waals surface area contributed by atoms with Gasteiger partial charge in [-0.3, -0.25) is 0 Å². The molecule has 3 rings (SSSR count). The lowest BCUT2D eigenvalue weighted by Crippen LogP contribution is -2.07. The summed E-state index contributed by atoms with van der Waals surface area (Å²) in [5.41, 5.74) is 1.88. The largest absolute Gasteiger partial charge is 0.486 e. The first-order valence-corrected chi connectivity index (χ1v) is 9.61. The Morgan fingerprint density at radius 3 is 2.77 bits per heavy atom. The third-order valence-electron chi connectivity index (χ3n) is 3.86. The van der Waals surface area contributed by atoms with Gasteiger partial charge in [-0.1, -0.05) is 35.5 Å². The molecule has 0 saturated carbocycles. The Labute approximate surface area is 161 Å². The van der Waals surface area contributed by atoms with Gasteiger partial charge in [0, 0.05) is 17.3 Å². The van der Waals surface area contributed by atoms with Crippen LogP contribution in [-0.2, 0) is 18.9 Å². The van der Waals surface area contributed by atoms with E-state index in [-0.39, 0.29) is 5.82 Å². The molecule has 0 atom stereocenters. The van der Waals surface area contributed by atoms with Crippen LogP contribution in [0.25, 0.3) is 0 Å². The topological polar surface area (TPSA) is 39.9 Å². The van der Waals surface area contributed by atoms with E-state index in [1.165, 1.54) is 23.9 Å². The number of benzene rings is 2. The van der Waals surface area contributed by atoms with E-state index in [0.717, 1.165) is 34.4 Å². The summed E-state index contributed by atoms with van der Waals surface area (Å²) >= 11 is 7.57. The molecule has 0 saturated heterocycles. The summed E-state index contributed by atoms with van der Waals surface area (Å²) in [5.74, 6) is 1.90. The number of aromatic nitrogens is 3. The molecule has 0 fully saturated rings. The highest BCUT2D eigenvalue weighted by Crippen LogP contribution is 2.24. The number of thioether (sulfide) groups is 1. The molecule has 26 heavy (non-hydrogen) atoms. The van der Waals surface area contributed by atoms with Gasteiger partial charge in [0.2, 0.25) is 0 Å². The Morgan fingerprint density at radius 1 is 1.19 bits per heavy atom. The molecule has 1 aromatic heterocycles. The normalized spacial score (nSPS) is 10.9. The van der Waals surface area contributed by atoms with Crippen molar-refractivity contribution < 1.29 is 9.13 Å². The molecule has 0 radical (unpaired) electrons. The molecule has 4 nitrogen and oxygen atoms in total. The van der Waals surface area contributed by atoms with Crippen molar-refractivity contribution in [2.24, 2.45) is 0 Å². The minimum Gasteiger partial charge on any atom is -0.486 e. The van der Waals surface area contributed by atoms with Gasteiger partial charge >= 0.3 is 0 Å². The second-order valence-electron chi connectivity index (χ2n) is 5.76. The summed E-state index contributed by atoms with van der Waals surface area (Å²) in [6.45, 7) is 5.02. The predicted molar refractivity (Wildman–Crippen MR) is 102 cm³/mol.